The average molecular weight is 373 g/mol. The van der Waals surface area contributed by atoms with Crippen LogP contribution in [0, 0.1) is 0 Å². The Labute approximate surface area is 160 Å². The molecule has 1 heterocycles. The van der Waals surface area contributed by atoms with Gasteiger partial charge in [0.1, 0.15) is 5.82 Å². The number of para-hydroxylation sites is 1. The number of rotatable bonds is 5. The Balaban J connectivity index is 1.83. The second kappa shape index (κ2) is 8.25. The first-order valence-corrected chi connectivity index (χ1v) is 10.4. The Morgan fingerprint density at radius 3 is 2.50 bits per heavy atom. The van der Waals surface area contributed by atoms with Crippen molar-refractivity contribution in [2.45, 2.75) is 69.5 Å². The summed E-state index contributed by atoms with van der Waals surface area (Å²) in [6.45, 7) is 5.97. The number of hydrogen-bond acceptors (Lipinski definition) is 4. The Morgan fingerprint density at radius 1 is 1.15 bits per heavy atom. The lowest BCUT2D eigenvalue weighted by molar-refractivity contribution is -0.119. The number of aromatic nitrogens is 3. The molecule has 0 bridgehead atoms. The van der Waals surface area contributed by atoms with E-state index < -0.39 is 0 Å². The van der Waals surface area contributed by atoms with Crippen LogP contribution in [0.25, 0.3) is 5.69 Å². The number of amides is 1. The summed E-state index contributed by atoms with van der Waals surface area (Å²) >= 11 is 1.45. The lowest BCUT2D eigenvalue weighted by Gasteiger charge is -2.22. The second-order valence-electron chi connectivity index (χ2n) is 7.93. The number of nitrogens with one attached hydrogen (secondary N) is 1. The first-order chi connectivity index (χ1) is 12.4. The number of carbonyl (C=O) groups is 1. The summed E-state index contributed by atoms with van der Waals surface area (Å²) in [6.07, 6.45) is 6.15. The highest BCUT2D eigenvalue weighted by Crippen LogP contribution is 2.34. The topological polar surface area (TPSA) is 59.8 Å². The van der Waals surface area contributed by atoms with Gasteiger partial charge in [-0.25, -0.2) is 0 Å². The minimum absolute atomic E-state index is 0.0179. The fourth-order valence-corrected chi connectivity index (χ4v) is 4.16. The van der Waals surface area contributed by atoms with Gasteiger partial charge in [0.25, 0.3) is 0 Å². The van der Waals surface area contributed by atoms with Crippen LogP contribution >= 0.6 is 11.8 Å². The fourth-order valence-electron chi connectivity index (χ4n) is 3.40. The molecule has 0 aliphatic heterocycles. The van der Waals surface area contributed by atoms with Gasteiger partial charge in [0.05, 0.1) is 5.75 Å². The molecule has 1 N–H and O–H groups in total. The fraction of sp³-hybridized carbons (Fsp3) is 0.550. The van der Waals surface area contributed by atoms with E-state index in [1.54, 1.807) is 0 Å². The zero-order chi connectivity index (χ0) is 18.6. The smallest absolute Gasteiger partial charge is 0.230 e. The molecule has 0 saturated heterocycles. The standard InChI is InChI=1S/C20H28N4OS/c1-20(2,3)21-17(25)14-26-19-23-22-18(15-10-6-4-7-11-15)24(19)16-12-8-5-9-13-16/h5,8-9,12-13,15H,4,6-7,10-11,14H2,1-3H3,(H,21,25). The second-order valence-corrected chi connectivity index (χ2v) is 8.88. The van der Waals surface area contributed by atoms with E-state index in [1.165, 1.54) is 43.9 Å². The number of nitrogens with zero attached hydrogens (tertiary/aromatic N) is 3. The van der Waals surface area contributed by atoms with Gasteiger partial charge in [-0.05, 0) is 45.7 Å². The predicted molar refractivity (Wildman–Crippen MR) is 106 cm³/mol. The highest BCUT2D eigenvalue weighted by molar-refractivity contribution is 7.99. The van der Waals surface area contributed by atoms with Crippen molar-refractivity contribution in [1.29, 1.82) is 0 Å². The molecule has 0 radical (unpaired) electrons. The van der Waals surface area contributed by atoms with Crippen molar-refractivity contribution in [3.63, 3.8) is 0 Å². The zero-order valence-corrected chi connectivity index (χ0v) is 16.7. The van der Waals surface area contributed by atoms with E-state index in [0.29, 0.717) is 11.7 Å². The van der Waals surface area contributed by atoms with Gasteiger partial charge in [-0.1, -0.05) is 49.2 Å². The summed E-state index contributed by atoms with van der Waals surface area (Å²) in [5.74, 6) is 1.85. The maximum Gasteiger partial charge on any atom is 0.230 e. The van der Waals surface area contributed by atoms with Gasteiger partial charge in [-0.2, -0.15) is 0 Å². The molecule has 1 saturated carbocycles. The molecule has 1 aromatic heterocycles. The molecule has 3 rings (SSSR count). The van der Waals surface area contributed by atoms with Gasteiger partial charge in [-0.3, -0.25) is 9.36 Å². The summed E-state index contributed by atoms with van der Waals surface area (Å²) in [7, 11) is 0. The van der Waals surface area contributed by atoms with Crippen LogP contribution in [-0.4, -0.2) is 32.0 Å². The van der Waals surface area contributed by atoms with E-state index >= 15 is 0 Å². The molecule has 1 fully saturated rings. The van der Waals surface area contributed by atoms with E-state index in [9.17, 15) is 4.79 Å². The van der Waals surface area contributed by atoms with Gasteiger partial charge in [0, 0.05) is 17.1 Å². The van der Waals surface area contributed by atoms with Crippen LogP contribution in [-0.2, 0) is 4.79 Å². The van der Waals surface area contributed by atoms with Gasteiger partial charge < -0.3 is 5.32 Å². The molecule has 0 atom stereocenters. The van der Waals surface area contributed by atoms with Crippen molar-refractivity contribution in [1.82, 2.24) is 20.1 Å². The lowest BCUT2D eigenvalue weighted by Crippen LogP contribution is -2.41. The van der Waals surface area contributed by atoms with Crippen LogP contribution in [0.15, 0.2) is 35.5 Å². The van der Waals surface area contributed by atoms with Crippen LogP contribution in [0.4, 0.5) is 0 Å². The van der Waals surface area contributed by atoms with Crippen LogP contribution in [0.3, 0.4) is 0 Å². The molecule has 1 aliphatic carbocycles. The van der Waals surface area contributed by atoms with Gasteiger partial charge in [0.2, 0.25) is 5.91 Å². The highest BCUT2D eigenvalue weighted by Gasteiger charge is 2.25. The summed E-state index contributed by atoms with van der Waals surface area (Å²) in [5, 5.41) is 12.8. The Morgan fingerprint density at radius 2 is 1.85 bits per heavy atom. The SMILES string of the molecule is CC(C)(C)NC(=O)CSc1nnc(C2CCCCC2)n1-c1ccccc1. The lowest BCUT2D eigenvalue weighted by atomic mass is 9.88. The first-order valence-electron chi connectivity index (χ1n) is 9.38. The van der Waals surface area contributed by atoms with E-state index in [4.69, 9.17) is 0 Å². The largest absolute Gasteiger partial charge is 0.351 e. The van der Waals surface area contributed by atoms with E-state index in [-0.39, 0.29) is 11.4 Å². The summed E-state index contributed by atoms with van der Waals surface area (Å²) < 4.78 is 2.14. The quantitative estimate of drug-likeness (QED) is 0.794. The van der Waals surface area contributed by atoms with Gasteiger partial charge >= 0.3 is 0 Å². The summed E-state index contributed by atoms with van der Waals surface area (Å²) in [6, 6.07) is 10.2. The molecule has 1 amide bonds. The average Bonchev–Trinajstić information content (AvgIpc) is 3.04. The Kier molecular flexibility index (Phi) is 6.01. The van der Waals surface area contributed by atoms with E-state index in [1.807, 2.05) is 39.0 Å². The summed E-state index contributed by atoms with van der Waals surface area (Å²) in [5.41, 5.74) is 0.842. The third-order valence-corrected chi connectivity index (χ3v) is 5.42. The first kappa shape index (κ1) is 19.0. The number of thioether (sulfide) groups is 1. The van der Waals surface area contributed by atoms with Crippen molar-refractivity contribution in [2.24, 2.45) is 0 Å². The minimum atomic E-state index is -0.224. The highest BCUT2D eigenvalue weighted by atomic mass is 32.2. The molecule has 1 aliphatic rings. The molecular weight excluding hydrogens is 344 g/mol. The molecule has 140 valence electrons. The molecular formula is C20H28N4OS. The van der Waals surface area contributed by atoms with Crippen molar-refractivity contribution in [3.8, 4) is 5.69 Å². The van der Waals surface area contributed by atoms with Gasteiger partial charge in [0.15, 0.2) is 5.16 Å². The predicted octanol–water partition coefficient (Wildman–Crippen LogP) is 4.32. The van der Waals surface area contributed by atoms with Crippen molar-refractivity contribution < 1.29 is 4.79 Å². The maximum absolute atomic E-state index is 12.2. The zero-order valence-electron chi connectivity index (χ0n) is 15.9. The molecule has 26 heavy (non-hydrogen) atoms. The summed E-state index contributed by atoms with van der Waals surface area (Å²) in [4.78, 5) is 12.2. The third kappa shape index (κ3) is 4.87. The molecule has 5 nitrogen and oxygen atoms in total. The molecule has 0 spiro atoms. The van der Waals surface area contributed by atoms with Crippen molar-refractivity contribution in [2.75, 3.05) is 5.75 Å². The van der Waals surface area contributed by atoms with Crippen LogP contribution in [0.2, 0.25) is 0 Å². The Bertz CT molecular complexity index is 730. The molecule has 6 heteroatoms. The maximum atomic E-state index is 12.2. The van der Waals surface area contributed by atoms with Crippen LogP contribution in [0.5, 0.6) is 0 Å². The van der Waals surface area contributed by atoms with Crippen LogP contribution in [0.1, 0.15) is 64.6 Å². The van der Waals surface area contributed by atoms with Gasteiger partial charge in [-0.15, -0.1) is 10.2 Å². The number of hydrogen-bond donors (Lipinski definition) is 1. The normalized spacial score (nSPS) is 15.8. The number of carbonyl (C=O) groups excluding carboxylic acids is 1. The number of benzene rings is 1. The third-order valence-electron chi connectivity index (χ3n) is 4.49. The minimum Gasteiger partial charge on any atom is -0.351 e. The Hall–Kier alpha value is -1.82. The molecule has 1 aromatic carbocycles. The van der Waals surface area contributed by atoms with E-state index in [0.717, 1.165) is 16.7 Å². The van der Waals surface area contributed by atoms with Crippen molar-refractivity contribution in [3.05, 3.63) is 36.2 Å². The molecule has 2 aromatic rings. The monoisotopic (exact) mass is 372 g/mol. The molecule has 0 unspecified atom stereocenters. The van der Waals surface area contributed by atoms with E-state index in [2.05, 4.69) is 32.2 Å². The van der Waals surface area contributed by atoms with Crippen molar-refractivity contribution >= 4 is 17.7 Å². The van der Waals surface area contributed by atoms with Crippen LogP contribution < -0.4 is 5.32 Å².